The van der Waals surface area contributed by atoms with Crippen molar-refractivity contribution in [1.82, 2.24) is 5.32 Å². The SMILES string of the molecule is CNCc1cccc(Cl)c1N(CCO)CCOC. The topological polar surface area (TPSA) is 44.7 Å². The van der Waals surface area contributed by atoms with Gasteiger partial charge in [0.25, 0.3) is 0 Å². The summed E-state index contributed by atoms with van der Waals surface area (Å²) in [6.45, 7) is 2.68. The van der Waals surface area contributed by atoms with E-state index in [-0.39, 0.29) is 6.61 Å². The molecule has 0 heterocycles. The molecule has 0 saturated heterocycles. The van der Waals surface area contributed by atoms with E-state index in [2.05, 4.69) is 10.2 Å². The van der Waals surface area contributed by atoms with E-state index in [1.807, 2.05) is 25.2 Å². The number of anilines is 1. The molecule has 1 aromatic carbocycles. The number of hydrogen-bond donors (Lipinski definition) is 2. The molecule has 0 spiro atoms. The number of halogens is 1. The monoisotopic (exact) mass is 272 g/mol. The molecule has 0 aromatic heterocycles. The Morgan fingerprint density at radius 1 is 1.39 bits per heavy atom. The first-order chi connectivity index (χ1) is 8.74. The highest BCUT2D eigenvalue weighted by atomic mass is 35.5. The summed E-state index contributed by atoms with van der Waals surface area (Å²) in [4.78, 5) is 2.05. The first kappa shape index (κ1) is 15.2. The van der Waals surface area contributed by atoms with Crippen LogP contribution in [0.25, 0.3) is 0 Å². The van der Waals surface area contributed by atoms with Crippen LogP contribution in [0, 0.1) is 0 Å². The van der Waals surface area contributed by atoms with Crippen LogP contribution in [0.5, 0.6) is 0 Å². The van der Waals surface area contributed by atoms with Gasteiger partial charge in [0.2, 0.25) is 0 Å². The van der Waals surface area contributed by atoms with Gasteiger partial charge in [-0.05, 0) is 18.7 Å². The zero-order valence-corrected chi connectivity index (χ0v) is 11.7. The summed E-state index contributed by atoms with van der Waals surface area (Å²) in [5.41, 5.74) is 2.09. The minimum atomic E-state index is 0.0912. The van der Waals surface area contributed by atoms with Crippen molar-refractivity contribution in [3.8, 4) is 0 Å². The summed E-state index contributed by atoms with van der Waals surface area (Å²) >= 11 is 6.28. The van der Waals surface area contributed by atoms with Crippen LogP contribution in [-0.4, -0.2) is 45.6 Å². The van der Waals surface area contributed by atoms with Crippen molar-refractivity contribution in [2.75, 3.05) is 45.4 Å². The molecule has 0 aliphatic carbocycles. The van der Waals surface area contributed by atoms with Crippen molar-refractivity contribution in [3.05, 3.63) is 28.8 Å². The Balaban J connectivity index is 2.99. The van der Waals surface area contributed by atoms with E-state index < -0.39 is 0 Å². The van der Waals surface area contributed by atoms with Gasteiger partial charge in [-0.3, -0.25) is 0 Å². The molecule has 0 atom stereocenters. The van der Waals surface area contributed by atoms with E-state index in [9.17, 15) is 0 Å². The fourth-order valence-electron chi connectivity index (χ4n) is 1.90. The minimum Gasteiger partial charge on any atom is -0.395 e. The van der Waals surface area contributed by atoms with Gasteiger partial charge in [0.15, 0.2) is 0 Å². The average molecular weight is 273 g/mol. The van der Waals surface area contributed by atoms with Crippen LogP contribution < -0.4 is 10.2 Å². The lowest BCUT2D eigenvalue weighted by Gasteiger charge is -2.27. The molecule has 0 fully saturated rings. The minimum absolute atomic E-state index is 0.0912. The van der Waals surface area contributed by atoms with Gasteiger partial charge in [0.05, 0.1) is 23.9 Å². The Labute approximate surface area is 114 Å². The Morgan fingerprint density at radius 3 is 2.78 bits per heavy atom. The fourth-order valence-corrected chi connectivity index (χ4v) is 2.22. The van der Waals surface area contributed by atoms with Crippen molar-refractivity contribution in [3.63, 3.8) is 0 Å². The Kier molecular flexibility index (Phi) is 7.05. The van der Waals surface area contributed by atoms with E-state index in [4.69, 9.17) is 21.4 Å². The van der Waals surface area contributed by atoms with Crippen LogP contribution in [0.1, 0.15) is 5.56 Å². The number of methoxy groups -OCH3 is 1. The molecule has 0 unspecified atom stereocenters. The first-order valence-electron chi connectivity index (χ1n) is 6.01. The van der Waals surface area contributed by atoms with Gasteiger partial charge in [-0.25, -0.2) is 0 Å². The fraction of sp³-hybridized carbons (Fsp3) is 0.538. The number of nitrogens with one attached hydrogen (secondary N) is 1. The summed E-state index contributed by atoms with van der Waals surface area (Å²) in [6.07, 6.45) is 0. The third-order valence-electron chi connectivity index (χ3n) is 2.69. The predicted octanol–water partition coefficient (Wildman–Crippen LogP) is 1.50. The molecule has 0 amide bonds. The van der Waals surface area contributed by atoms with Gasteiger partial charge in [-0.1, -0.05) is 23.7 Å². The molecule has 0 bridgehead atoms. The molecule has 1 rings (SSSR count). The van der Waals surface area contributed by atoms with E-state index in [1.54, 1.807) is 7.11 Å². The van der Waals surface area contributed by atoms with Crippen LogP contribution in [0.4, 0.5) is 5.69 Å². The lowest BCUT2D eigenvalue weighted by molar-refractivity contribution is 0.203. The normalized spacial score (nSPS) is 10.7. The molecule has 0 aliphatic rings. The van der Waals surface area contributed by atoms with Gasteiger partial charge < -0.3 is 20.1 Å². The highest BCUT2D eigenvalue weighted by molar-refractivity contribution is 6.33. The molecular formula is C13H21ClN2O2. The van der Waals surface area contributed by atoms with Crippen molar-refractivity contribution in [2.24, 2.45) is 0 Å². The van der Waals surface area contributed by atoms with E-state index >= 15 is 0 Å². The maximum absolute atomic E-state index is 9.17. The van der Waals surface area contributed by atoms with E-state index in [1.165, 1.54) is 0 Å². The maximum Gasteiger partial charge on any atom is 0.0642 e. The lowest BCUT2D eigenvalue weighted by atomic mass is 10.1. The number of ether oxygens (including phenoxy) is 1. The molecule has 1 aromatic rings. The summed E-state index contributed by atoms with van der Waals surface area (Å²) in [6, 6.07) is 5.84. The van der Waals surface area contributed by atoms with Crippen molar-refractivity contribution in [2.45, 2.75) is 6.54 Å². The molecular weight excluding hydrogens is 252 g/mol. The van der Waals surface area contributed by atoms with Gasteiger partial charge >= 0.3 is 0 Å². The van der Waals surface area contributed by atoms with Crippen LogP contribution in [0.15, 0.2) is 18.2 Å². The zero-order chi connectivity index (χ0) is 13.4. The van der Waals surface area contributed by atoms with E-state index in [0.29, 0.717) is 24.7 Å². The number of rotatable bonds is 8. The van der Waals surface area contributed by atoms with Crippen LogP contribution in [0.3, 0.4) is 0 Å². The number of benzene rings is 1. The lowest BCUT2D eigenvalue weighted by Crippen LogP contribution is -2.31. The first-order valence-corrected chi connectivity index (χ1v) is 6.39. The van der Waals surface area contributed by atoms with Gasteiger partial charge in [-0.2, -0.15) is 0 Å². The van der Waals surface area contributed by atoms with Gasteiger partial charge in [-0.15, -0.1) is 0 Å². The zero-order valence-electron chi connectivity index (χ0n) is 10.9. The van der Waals surface area contributed by atoms with Crippen molar-refractivity contribution in [1.29, 1.82) is 0 Å². The summed E-state index contributed by atoms with van der Waals surface area (Å²) in [7, 11) is 3.56. The maximum atomic E-state index is 9.17. The second-order valence-corrected chi connectivity index (χ2v) is 4.39. The molecule has 0 aliphatic heterocycles. The summed E-state index contributed by atoms with van der Waals surface area (Å²) in [5, 5.41) is 13.0. The quantitative estimate of drug-likeness (QED) is 0.753. The highest BCUT2D eigenvalue weighted by Crippen LogP contribution is 2.29. The van der Waals surface area contributed by atoms with Crippen LogP contribution in [-0.2, 0) is 11.3 Å². The standard InChI is InChI=1S/C13H21ClN2O2/c1-15-10-11-4-3-5-12(14)13(11)16(6-8-17)7-9-18-2/h3-5,15,17H,6-10H2,1-2H3. The van der Waals surface area contributed by atoms with Crippen LogP contribution >= 0.6 is 11.6 Å². The Morgan fingerprint density at radius 2 is 2.17 bits per heavy atom. The molecule has 0 saturated carbocycles. The average Bonchev–Trinajstić information content (AvgIpc) is 2.36. The molecule has 0 radical (unpaired) electrons. The number of aliphatic hydroxyl groups excluding tert-OH is 1. The number of hydrogen-bond acceptors (Lipinski definition) is 4. The third-order valence-corrected chi connectivity index (χ3v) is 2.99. The molecule has 5 heteroatoms. The molecule has 4 nitrogen and oxygen atoms in total. The number of para-hydroxylation sites is 1. The smallest absolute Gasteiger partial charge is 0.0642 e. The second kappa shape index (κ2) is 8.32. The van der Waals surface area contributed by atoms with Gasteiger partial charge in [0.1, 0.15) is 0 Å². The largest absolute Gasteiger partial charge is 0.395 e. The van der Waals surface area contributed by atoms with Crippen LogP contribution in [0.2, 0.25) is 5.02 Å². The Bertz CT molecular complexity index is 361. The molecule has 2 N–H and O–H groups in total. The van der Waals surface area contributed by atoms with E-state index in [0.717, 1.165) is 17.8 Å². The molecule has 18 heavy (non-hydrogen) atoms. The van der Waals surface area contributed by atoms with Gasteiger partial charge in [0, 0.05) is 26.7 Å². The van der Waals surface area contributed by atoms with Crippen molar-refractivity contribution >= 4 is 17.3 Å². The third kappa shape index (κ3) is 4.14. The predicted molar refractivity (Wildman–Crippen MR) is 75.4 cm³/mol. The number of nitrogens with zero attached hydrogens (tertiary/aromatic N) is 1. The summed E-state index contributed by atoms with van der Waals surface area (Å²) < 4.78 is 5.10. The summed E-state index contributed by atoms with van der Waals surface area (Å²) in [5.74, 6) is 0. The number of aliphatic hydroxyl groups is 1. The highest BCUT2D eigenvalue weighted by Gasteiger charge is 2.14. The Hall–Kier alpha value is -0.810. The second-order valence-electron chi connectivity index (χ2n) is 3.98. The molecule has 102 valence electrons. The van der Waals surface area contributed by atoms with Crippen molar-refractivity contribution < 1.29 is 9.84 Å².